The summed E-state index contributed by atoms with van der Waals surface area (Å²) in [6.07, 6.45) is 0.862. The van der Waals surface area contributed by atoms with Gasteiger partial charge in [0.05, 0.1) is 32.5 Å². The number of benzene rings is 2. The monoisotopic (exact) mass is 565 g/mol. The molecule has 9 heteroatoms. The fourth-order valence-corrected chi connectivity index (χ4v) is 5.82. The summed E-state index contributed by atoms with van der Waals surface area (Å²) in [7, 11) is 4.50. The Kier molecular flexibility index (Phi) is 9.58. The Hall–Kier alpha value is -3.72. The fraction of sp³-hybridized carbons (Fsp3) is 0.387. The van der Waals surface area contributed by atoms with Crippen molar-refractivity contribution in [2.24, 2.45) is 0 Å². The van der Waals surface area contributed by atoms with Crippen LogP contribution in [0.15, 0.2) is 65.0 Å². The molecule has 0 saturated heterocycles. The van der Waals surface area contributed by atoms with Crippen molar-refractivity contribution in [2.75, 3.05) is 39.4 Å². The number of esters is 2. The van der Waals surface area contributed by atoms with E-state index in [1.54, 1.807) is 50.2 Å². The smallest absolute Gasteiger partial charge is 0.337 e. The summed E-state index contributed by atoms with van der Waals surface area (Å²) in [6.45, 7) is 4.17. The molecule has 8 nitrogen and oxygen atoms in total. The number of thioether (sulfide) groups is 1. The summed E-state index contributed by atoms with van der Waals surface area (Å²) >= 11 is 1.69. The van der Waals surface area contributed by atoms with Gasteiger partial charge in [0.2, 0.25) is 0 Å². The van der Waals surface area contributed by atoms with E-state index < -0.39 is 17.9 Å². The maximum atomic E-state index is 13.9. The quantitative estimate of drug-likeness (QED) is 0.310. The van der Waals surface area contributed by atoms with Crippen LogP contribution in [0.25, 0.3) is 0 Å². The number of ether oxygens (including phenoxy) is 4. The average Bonchev–Trinajstić information content (AvgIpc) is 2.97. The number of allylic oxidation sites excluding steroid dienone is 3. The number of nitrogens with one attached hydrogen (secondary N) is 1. The molecular weight excluding hydrogens is 530 g/mol. The van der Waals surface area contributed by atoms with Gasteiger partial charge < -0.3 is 24.3 Å². The molecule has 0 spiro atoms. The lowest BCUT2D eigenvalue weighted by molar-refractivity contribution is -0.138. The standard InChI is InChI=1S/C31H35NO7S/c1-6-40-14-13-39-31(35)27-18(2)32-23-15-22(21-11-12-25(36-3)26(17-21)37-4)16-24(33)29(23)28(27)19-7-9-20(10-8-19)30(34)38-5/h7-12,17,22,28,32H,6,13-16H2,1-5H3/t22-,28-/m0/s1. The first-order chi connectivity index (χ1) is 19.3. The van der Waals surface area contributed by atoms with Crippen molar-refractivity contribution in [3.05, 3.63) is 81.7 Å². The van der Waals surface area contributed by atoms with Gasteiger partial charge in [0, 0.05) is 35.1 Å². The molecule has 0 aromatic heterocycles. The largest absolute Gasteiger partial charge is 0.493 e. The first kappa shape index (κ1) is 29.3. The van der Waals surface area contributed by atoms with Crippen LogP contribution in [-0.4, -0.2) is 57.2 Å². The zero-order chi connectivity index (χ0) is 28.8. The third-order valence-corrected chi connectivity index (χ3v) is 8.12. The van der Waals surface area contributed by atoms with Crippen LogP contribution in [0.2, 0.25) is 0 Å². The normalized spacial score (nSPS) is 18.6. The predicted molar refractivity (Wildman–Crippen MR) is 154 cm³/mol. The van der Waals surface area contributed by atoms with E-state index in [0.717, 1.165) is 22.6 Å². The lowest BCUT2D eigenvalue weighted by atomic mass is 9.71. The van der Waals surface area contributed by atoms with Crippen LogP contribution >= 0.6 is 11.8 Å². The number of hydrogen-bond donors (Lipinski definition) is 1. The van der Waals surface area contributed by atoms with Crippen LogP contribution in [0.4, 0.5) is 0 Å². The van der Waals surface area contributed by atoms with Gasteiger partial charge in [0.25, 0.3) is 0 Å². The van der Waals surface area contributed by atoms with Crippen LogP contribution in [0, 0.1) is 0 Å². The Morgan fingerprint density at radius 2 is 1.65 bits per heavy atom. The zero-order valence-corrected chi connectivity index (χ0v) is 24.3. The molecule has 2 aromatic rings. The van der Waals surface area contributed by atoms with Crippen LogP contribution in [0.1, 0.15) is 60.0 Å². The van der Waals surface area contributed by atoms with Gasteiger partial charge in [-0.1, -0.05) is 25.1 Å². The Bertz CT molecular complexity index is 1350. The lowest BCUT2D eigenvalue weighted by Crippen LogP contribution is -2.36. The number of dihydropyridines is 1. The second-order valence-corrected chi connectivity index (χ2v) is 11.0. The van der Waals surface area contributed by atoms with Crippen molar-refractivity contribution in [2.45, 2.75) is 38.5 Å². The summed E-state index contributed by atoms with van der Waals surface area (Å²) in [6, 6.07) is 12.6. The number of ketones is 1. The van der Waals surface area contributed by atoms with Crippen LogP contribution in [0.3, 0.4) is 0 Å². The van der Waals surface area contributed by atoms with E-state index in [-0.39, 0.29) is 24.7 Å². The predicted octanol–water partition coefficient (Wildman–Crippen LogP) is 5.15. The Morgan fingerprint density at radius 1 is 0.950 bits per heavy atom. The van der Waals surface area contributed by atoms with Gasteiger partial charge >= 0.3 is 11.9 Å². The molecule has 0 unspecified atom stereocenters. The molecule has 4 rings (SSSR count). The lowest BCUT2D eigenvalue weighted by Gasteiger charge is -2.36. The molecular formula is C31H35NO7S. The SMILES string of the molecule is CCSCCOC(=O)C1=C(C)NC2=C(C(=O)C[C@@H](c3ccc(OC)c(OC)c3)C2)[C@H]1c1ccc(C(=O)OC)cc1. The van der Waals surface area contributed by atoms with Crippen LogP contribution in [-0.2, 0) is 19.1 Å². The van der Waals surface area contributed by atoms with Crippen molar-refractivity contribution in [1.82, 2.24) is 5.32 Å². The van der Waals surface area contributed by atoms with Crippen molar-refractivity contribution in [1.29, 1.82) is 0 Å². The van der Waals surface area contributed by atoms with E-state index in [9.17, 15) is 14.4 Å². The Morgan fingerprint density at radius 3 is 2.30 bits per heavy atom. The summed E-state index contributed by atoms with van der Waals surface area (Å²) in [5.41, 5.74) is 4.49. The van der Waals surface area contributed by atoms with Crippen molar-refractivity contribution >= 4 is 29.5 Å². The van der Waals surface area contributed by atoms with Gasteiger partial charge in [-0.3, -0.25) is 4.79 Å². The summed E-state index contributed by atoms with van der Waals surface area (Å²) in [5, 5.41) is 3.37. The third kappa shape index (κ3) is 6.04. The zero-order valence-electron chi connectivity index (χ0n) is 23.5. The summed E-state index contributed by atoms with van der Waals surface area (Å²) < 4.78 is 21.3. The van der Waals surface area contributed by atoms with Gasteiger partial charge in [-0.05, 0) is 60.4 Å². The highest BCUT2D eigenvalue weighted by atomic mass is 32.2. The first-order valence-electron chi connectivity index (χ1n) is 13.2. The molecule has 2 aromatic carbocycles. The Labute approximate surface area is 239 Å². The number of rotatable bonds is 10. The number of carbonyl (C=O) groups is 3. The number of methoxy groups -OCH3 is 3. The van der Waals surface area contributed by atoms with Gasteiger partial charge in [0.1, 0.15) is 6.61 Å². The highest BCUT2D eigenvalue weighted by molar-refractivity contribution is 7.99. The van der Waals surface area contributed by atoms with E-state index in [0.29, 0.717) is 46.1 Å². The van der Waals surface area contributed by atoms with Gasteiger partial charge in [-0.25, -0.2) is 9.59 Å². The van der Waals surface area contributed by atoms with E-state index in [2.05, 4.69) is 12.2 Å². The number of carbonyl (C=O) groups excluding carboxylic acids is 3. The van der Waals surface area contributed by atoms with Gasteiger partial charge in [0.15, 0.2) is 17.3 Å². The number of Topliss-reactive ketones (excluding diaryl/α,β-unsaturated/α-hetero) is 1. The minimum absolute atomic E-state index is 0.0464. The molecule has 0 saturated carbocycles. The van der Waals surface area contributed by atoms with E-state index in [4.69, 9.17) is 18.9 Å². The van der Waals surface area contributed by atoms with Crippen LogP contribution < -0.4 is 14.8 Å². The molecule has 1 aliphatic heterocycles. The van der Waals surface area contributed by atoms with Gasteiger partial charge in [-0.15, -0.1) is 0 Å². The maximum absolute atomic E-state index is 13.9. The minimum atomic E-state index is -0.617. The van der Waals surface area contributed by atoms with E-state index in [1.165, 1.54) is 7.11 Å². The molecule has 40 heavy (non-hydrogen) atoms. The minimum Gasteiger partial charge on any atom is -0.493 e. The molecule has 0 amide bonds. The summed E-state index contributed by atoms with van der Waals surface area (Å²) in [5.74, 6) is 1.21. The summed E-state index contributed by atoms with van der Waals surface area (Å²) in [4.78, 5) is 39.3. The molecule has 0 bridgehead atoms. The highest BCUT2D eigenvalue weighted by Gasteiger charge is 2.41. The topological polar surface area (TPSA) is 100 Å². The second-order valence-electron chi connectivity index (χ2n) is 9.58. The first-order valence-corrected chi connectivity index (χ1v) is 14.4. The maximum Gasteiger partial charge on any atom is 0.337 e. The average molecular weight is 566 g/mol. The second kappa shape index (κ2) is 13.1. The molecule has 212 valence electrons. The Balaban J connectivity index is 1.72. The van der Waals surface area contributed by atoms with E-state index >= 15 is 0 Å². The van der Waals surface area contributed by atoms with Crippen molar-refractivity contribution in [3.8, 4) is 11.5 Å². The highest BCUT2D eigenvalue weighted by Crippen LogP contribution is 2.46. The van der Waals surface area contributed by atoms with Gasteiger partial charge in [-0.2, -0.15) is 11.8 Å². The molecule has 0 fully saturated rings. The van der Waals surface area contributed by atoms with Crippen molar-refractivity contribution < 1.29 is 33.3 Å². The molecule has 2 aliphatic rings. The molecule has 1 heterocycles. The molecule has 1 N–H and O–H groups in total. The molecule has 0 radical (unpaired) electrons. The van der Waals surface area contributed by atoms with E-state index in [1.807, 2.05) is 25.1 Å². The number of hydrogen-bond acceptors (Lipinski definition) is 9. The third-order valence-electron chi connectivity index (χ3n) is 7.26. The fourth-order valence-electron chi connectivity index (χ4n) is 5.33. The van der Waals surface area contributed by atoms with Crippen LogP contribution in [0.5, 0.6) is 11.5 Å². The van der Waals surface area contributed by atoms with Crippen molar-refractivity contribution in [3.63, 3.8) is 0 Å². The molecule has 2 atom stereocenters. The molecule has 1 aliphatic carbocycles.